The first-order chi connectivity index (χ1) is 7.22. The number of esters is 1. The lowest BCUT2D eigenvalue weighted by atomic mass is 10.3. The van der Waals surface area contributed by atoms with E-state index in [0.29, 0.717) is 6.61 Å². The van der Waals surface area contributed by atoms with Gasteiger partial charge in [0.1, 0.15) is 0 Å². The van der Waals surface area contributed by atoms with Crippen molar-refractivity contribution in [2.45, 2.75) is 6.42 Å². The number of hydrogen-bond donors (Lipinski definition) is 1. The zero-order valence-electron chi connectivity index (χ0n) is 9.45. The summed E-state index contributed by atoms with van der Waals surface area (Å²) in [6.45, 7) is 5.95. The average molecular weight is 215 g/mol. The van der Waals surface area contributed by atoms with Gasteiger partial charge in [0.05, 0.1) is 13.2 Å². The van der Waals surface area contributed by atoms with Gasteiger partial charge < -0.3 is 20.3 Å². The Morgan fingerprint density at radius 1 is 1.33 bits per heavy atom. The number of nitrogens with zero attached hydrogens (tertiary/aromatic N) is 2. The molecule has 1 saturated heterocycles. The Kier molecular flexibility index (Phi) is 5.60. The Bertz CT molecular complexity index is 191. The van der Waals surface area contributed by atoms with Crippen molar-refractivity contribution in [3.05, 3.63) is 0 Å². The third-order valence-electron chi connectivity index (χ3n) is 2.64. The lowest BCUT2D eigenvalue weighted by Gasteiger charge is -2.32. The van der Waals surface area contributed by atoms with Crippen LogP contribution in [-0.4, -0.2) is 68.7 Å². The van der Waals surface area contributed by atoms with Crippen LogP contribution in [0.5, 0.6) is 0 Å². The van der Waals surface area contributed by atoms with Crippen LogP contribution in [0.15, 0.2) is 0 Å². The van der Waals surface area contributed by atoms with Crippen molar-refractivity contribution in [1.82, 2.24) is 9.80 Å². The van der Waals surface area contributed by atoms with Gasteiger partial charge in [0.15, 0.2) is 0 Å². The van der Waals surface area contributed by atoms with E-state index in [1.807, 2.05) is 0 Å². The Morgan fingerprint density at radius 3 is 2.60 bits per heavy atom. The van der Waals surface area contributed by atoms with Gasteiger partial charge in [-0.2, -0.15) is 0 Å². The van der Waals surface area contributed by atoms with Crippen LogP contribution in [0.3, 0.4) is 0 Å². The lowest BCUT2D eigenvalue weighted by molar-refractivity contribution is -0.142. The van der Waals surface area contributed by atoms with Crippen LogP contribution in [-0.2, 0) is 9.53 Å². The molecule has 0 aromatic heterocycles. The summed E-state index contributed by atoms with van der Waals surface area (Å²) in [6.07, 6.45) is 0.898. The quantitative estimate of drug-likeness (QED) is 0.477. The SMILES string of the molecule is CN1CCN(CCCOC(=O)CN)CC1. The predicted molar refractivity (Wildman–Crippen MR) is 58.6 cm³/mol. The molecule has 88 valence electrons. The normalized spacial score (nSPS) is 19.1. The van der Waals surface area contributed by atoms with E-state index in [0.717, 1.165) is 39.1 Å². The average Bonchev–Trinajstić information content (AvgIpc) is 2.26. The molecule has 1 rings (SSSR count). The highest BCUT2D eigenvalue weighted by atomic mass is 16.5. The standard InChI is InChI=1S/C10H21N3O2/c1-12-4-6-13(7-5-12)3-2-8-15-10(14)9-11/h2-9,11H2,1H3. The van der Waals surface area contributed by atoms with Crippen LogP contribution in [0, 0.1) is 0 Å². The summed E-state index contributed by atoms with van der Waals surface area (Å²) in [6, 6.07) is 0. The number of ether oxygens (including phenoxy) is 1. The van der Waals surface area contributed by atoms with Crippen LogP contribution in [0.4, 0.5) is 0 Å². The van der Waals surface area contributed by atoms with E-state index in [2.05, 4.69) is 16.8 Å². The van der Waals surface area contributed by atoms with Gasteiger partial charge >= 0.3 is 5.97 Å². The molecule has 0 aromatic carbocycles. The third-order valence-corrected chi connectivity index (χ3v) is 2.64. The van der Waals surface area contributed by atoms with Crippen LogP contribution in [0.25, 0.3) is 0 Å². The van der Waals surface area contributed by atoms with E-state index in [-0.39, 0.29) is 12.5 Å². The zero-order chi connectivity index (χ0) is 11.1. The Balaban J connectivity index is 1.98. The molecule has 0 aromatic rings. The lowest BCUT2D eigenvalue weighted by Crippen LogP contribution is -2.44. The van der Waals surface area contributed by atoms with Crippen molar-refractivity contribution in [3.63, 3.8) is 0 Å². The van der Waals surface area contributed by atoms with Crippen molar-refractivity contribution < 1.29 is 9.53 Å². The first kappa shape index (κ1) is 12.4. The maximum Gasteiger partial charge on any atom is 0.319 e. The molecular weight excluding hydrogens is 194 g/mol. The number of carbonyl (C=O) groups is 1. The molecule has 2 N–H and O–H groups in total. The van der Waals surface area contributed by atoms with E-state index in [1.54, 1.807) is 0 Å². The molecule has 1 aliphatic heterocycles. The molecular formula is C10H21N3O2. The molecule has 5 heteroatoms. The Hall–Kier alpha value is -0.650. The third kappa shape index (κ3) is 5.11. The van der Waals surface area contributed by atoms with Crippen molar-refractivity contribution in [3.8, 4) is 0 Å². The van der Waals surface area contributed by atoms with E-state index in [9.17, 15) is 4.79 Å². The Morgan fingerprint density at radius 2 is 2.00 bits per heavy atom. The second kappa shape index (κ2) is 6.76. The van der Waals surface area contributed by atoms with Gasteiger partial charge in [0, 0.05) is 32.7 Å². The van der Waals surface area contributed by atoms with Gasteiger partial charge in [-0.3, -0.25) is 4.79 Å². The summed E-state index contributed by atoms with van der Waals surface area (Å²) < 4.78 is 4.90. The molecule has 15 heavy (non-hydrogen) atoms. The highest BCUT2D eigenvalue weighted by Gasteiger charge is 2.12. The molecule has 5 nitrogen and oxygen atoms in total. The van der Waals surface area contributed by atoms with E-state index in [4.69, 9.17) is 10.5 Å². The van der Waals surface area contributed by atoms with Gasteiger partial charge in [-0.15, -0.1) is 0 Å². The number of hydrogen-bond acceptors (Lipinski definition) is 5. The molecule has 0 bridgehead atoms. The fourth-order valence-electron chi connectivity index (χ4n) is 1.60. The summed E-state index contributed by atoms with van der Waals surface area (Å²) in [5.41, 5.74) is 5.12. The van der Waals surface area contributed by atoms with E-state index < -0.39 is 0 Å². The molecule has 1 heterocycles. The highest BCUT2D eigenvalue weighted by molar-refractivity contribution is 5.71. The van der Waals surface area contributed by atoms with E-state index in [1.165, 1.54) is 0 Å². The first-order valence-corrected chi connectivity index (χ1v) is 5.49. The minimum Gasteiger partial charge on any atom is -0.465 e. The van der Waals surface area contributed by atoms with Gasteiger partial charge in [-0.05, 0) is 13.5 Å². The van der Waals surface area contributed by atoms with Crippen molar-refractivity contribution >= 4 is 5.97 Å². The fraction of sp³-hybridized carbons (Fsp3) is 0.900. The van der Waals surface area contributed by atoms with Crippen LogP contribution >= 0.6 is 0 Å². The first-order valence-electron chi connectivity index (χ1n) is 5.49. The fourth-order valence-corrected chi connectivity index (χ4v) is 1.60. The van der Waals surface area contributed by atoms with Crippen LogP contribution < -0.4 is 5.73 Å². The molecule has 0 atom stereocenters. The second-order valence-corrected chi connectivity index (χ2v) is 3.92. The molecule has 0 radical (unpaired) electrons. The van der Waals surface area contributed by atoms with Crippen LogP contribution in [0.1, 0.15) is 6.42 Å². The molecule has 0 saturated carbocycles. The maximum atomic E-state index is 10.7. The maximum absolute atomic E-state index is 10.7. The van der Waals surface area contributed by atoms with E-state index >= 15 is 0 Å². The number of carbonyl (C=O) groups excluding carboxylic acids is 1. The summed E-state index contributed by atoms with van der Waals surface area (Å²) in [5.74, 6) is -0.312. The molecule has 0 unspecified atom stereocenters. The minimum absolute atomic E-state index is 0.0193. The molecule has 1 fully saturated rings. The summed E-state index contributed by atoms with van der Waals surface area (Å²) in [5, 5.41) is 0. The molecule has 1 aliphatic rings. The summed E-state index contributed by atoms with van der Waals surface area (Å²) in [4.78, 5) is 15.5. The monoisotopic (exact) mass is 215 g/mol. The summed E-state index contributed by atoms with van der Waals surface area (Å²) in [7, 11) is 2.14. The number of piperazine rings is 1. The van der Waals surface area contributed by atoms with Gasteiger partial charge in [-0.1, -0.05) is 0 Å². The summed E-state index contributed by atoms with van der Waals surface area (Å²) >= 11 is 0. The van der Waals surface area contributed by atoms with Crippen molar-refractivity contribution in [2.24, 2.45) is 5.73 Å². The number of nitrogens with two attached hydrogens (primary N) is 1. The van der Waals surface area contributed by atoms with Crippen molar-refractivity contribution in [1.29, 1.82) is 0 Å². The molecule has 0 amide bonds. The largest absolute Gasteiger partial charge is 0.465 e. The zero-order valence-corrected chi connectivity index (χ0v) is 9.45. The Labute approximate surface area is 91.2 Å². The topological polar surface area (TPSA) is 58.8 Å². The number of rotatable bonds is 5. The highest BCUT2D eigenvalue weighted by Crippen LogP contribution is 1.99. The van der Waals surface area contributed by atoms with Gasteiger partial charge in [0.2, 0.25) is 0 Å². The number of likely N-dealkylation sites (N-methyl/N-ethyl adjacent to an activating group) is 1. The smallest absolute Gasteiger partial charge is 0.319 e. The van der Waals surface area contributed by atoms with Crippen LogP contribution in [0.2, 0.25) is 0 Å². The minimum atomic E-state index is -0.312. The van der Waals surface area contributed by atoms with Gasteiger partial charge in [0.25, 0.3) is 0 Å². The molecule has 0 spiro atoms. The second-order valence-electron chi connectivity index (χ2n) is 3.92. The predicted octanol–water partition coefficient (Wildman–Crippen LogP) is -0.874. The van der Waals surface area contributed by atoms with Crippen molar-refractivity contribution in [2.75, 3.05) is 52.9 Å². The van der Waals surface area contributed by atoms with Gasteiger partial charge in [-0.25, -0.2) is 0 Å². The molecule has 0 aliphatic carbocycles.